The fourth-order valence-electron chi connectivity index (χ4n) is 4.26. The molecule has 1 heterocycles. The number of carbonyl (C=O) groups is 2. The van der Waals surface area contributed by atoms with E-state index in [2.05, 4.69) is 9.88 Å². The van der Waals surface area contributed by atoms with E-state index in [0.29, 0.717) is 10.9 Å². The molecule has 1 saturated carbocycles. The average molecular weight is 599 g/mol. The molecule has 1 fully saturated rings. The summed E-state index contributed by atoms with van der Waals surface area (Å²) in [7, 11) is 0. The summed E-state index contributed by atoms with van der Waals surface area (Å²) in [5.41, 5.74) is 0.505. The minimum atomic E-state index is -4.56. The Balaban J connectivity index is 1.39. The highest BCUT2D eigenvalue weighted by atomic mass is 35.5. The molecule has 11 heteroatoms. The first-order valence-electron chi connectivity index (χ1n) is 12.5. The Morgan fingerprint density at radius 3 is 2.20 bits per heavy atom. The third-order valence-corrected chi connectivity index (χ3v) is 8.34. The van der Waals surface area contributed by atoms with E-state index in [0.717, 1.165) is 61.1 Å². The normalized spacial score (nSPS) is 14.0. The largest absolute Gasteiger partial charge is 0.606 e. The Morgan fingerprint density at radius 2 is 1.63 bits per heavy atom. The molecule has 41 heavy (non-hydrogen) atoms. The highest BCUT2D eigenvalue weighted by Crippen LogP contribution is 2.36. The second-order valence-electron chi connectivity index (χ2n) is 9.57. The number of hydrogen-bond acceptors (Lipinski definition) is 5. The summed E-state index contributed by atoms with van der Waals surface area (Å²) in [6.45, 7) is 0.788. The number of rotatable bonds is 9. The molecule has 0 saturated heterocycles. The Bertz CT molecular complexity index is 1580. The third-order valence-electron chi connectivity index (χ3n) is 6.64. The first-order valence-corrected chi connectivity index (χ1v) is 14.0. The number of halogens is 4. The van der Waals surface area contributed by atoms with Gasteiger partial charge in [0.05, 0.1) is 17.4 Å². The quantitative estimate of drug-likeness (QED) is 0.159. The lowest BCUT2D eigenvalue weighted by Crippen LogP contribution is -2.20. The van der Waals surface area contributed by atoms with Crippen molar-refractivity contribution in [1.82, 2.24) is 4.98 Å². The van der Waals surface area contributed by atoms with Crippen molar-refractivity contribution in [1.29, 1.82) is 0 Å². The van der Waals surface area contributed by atoms with Gasteiger partial charge >= 0.3 is 12.1 Å². The topological polar surface area (TPSA) is 93.6 Å². The number of benzene rings is 3. The predicted molar refractivity (Wildman–Crippen MR) is 148 cm³/mol. The Labute approximate surface area is 241 Å². The Morgan fingerprint density at radius 1 is 0.976 bits per heavy atom. The molecule has 0 radical (unpaired) electrons. The van der Waals surface area contributed by atoms with Crippen LogP contribution in [0.15, 0.2) is 94.9 Å². The van der Waals surface area contributed by atoms with Gasteiger partial charge in [-0.05, 0) is 97.6 Å². The molecule has 5 rings (SSSR count). The van der Waals surface area contributed by atoms with E-state index in [1.165, 1.54) is 12.1 Å². The Hall–Kier alpha value is -3.86. The fourth-order valence-corrected chi connectivity index (χ4v) is 5.56. The number of carboxylic acids is 1. The van der Waals surface area contributed by atoms with Crippen LogP contribution in [-0.4, -0.2) is 32.9 Å². The van der Waals surface area contributed by atoms with E-state index in [9.17, 15) is 32.4 Å². The van der Waals surface area contributed by atoms with Gasteiger partial charge < -0.3 is 14.6 Å². The van der Waals surface area contributed by atoms with Gasteiger partial charge in [-0.3, -0.25) is 9.78 Å². The molecule has 1 aromatic heterocycles. The van der Waals surface area contributed by atoms with Gasteiger partial charge in [-0.15, -0.1) is 0 Å². The van der Waals surface area contributed by atoms with Crippen LogP contribution in [0.25, 0.3) is 0 Å². The van der Waals surface area contributed by atoms with Gasteiger partial charge in [-0.2, -0.15) is 13.2 Å². The maximum absolute atomic E-state index is 13.2. The van der Waals surface area contributed by atoms with E-state index in [4.69, 9.17) is 11.6 Å². The van der Waals surface area contributed by atoms with Crippen LogP contribution in [-0.2, 0) is 17.4 Å². The number of nitrogens with zero attached hydrogens (tertiary/aromatic N) is 2. The lowest BCUT2D eigenvalue weighted by Gasteiger charge is -2.25. The van der Waals surface area contributed by atoms with Crippen molar-refractivity contribution in [2.75, 3.05) is 11.4 Å². The molecule has 3 aromatic carbocycles. The van der Waals surface area contributed by atoms with Crippen molar-refractivity contribution < 1.29 is 32.4 Å². The summed E-state index contributed by atoms with van der Waals surface area (Å²) < 4.78 is 51.7. The second kappa shape index (κ2) is 11.6. The van der Waals surface area contributed by atoms with E-state index < -0.39 is 40.2 Å². The number of pyridine rings is 1. The van der Waals surface area contributed by atoms with Crippen LogP contribution < -0.4 is 4.90 Å². The number of carbonyl (C=O) groups excluding carboxylic acids is 1. The van der Waals surface area contributed by atoms with Crippen LogP contribution in [0.3, 0.4) is 0 Å². The zero-order valence-corrected chi connectivity index (χ0v) is 22.8. The van der Waals surface area contributed by atoms with Crippen LogP contribution in [0.4, 0.5) is 24.5 Å². The summed E-state index contributed by atoms with van der Waals surface area (Å²) in [6.07, 6.45) is -0.707. The first-order chi connectivity index (χ1) is 19.5. The lowest BCUT2D eigenvalue weighted by atomic mass is 10.0. The highest BCUT2D eigenvalue weighted by Gasteiger charge is 2.32. The molecule has 0 spiro atoms. The van der Waals surface area contributed by atoms with Crippen LogP contribution in [0, 0.1) is 5.92 Å². The molecule has 4 aromatic rings. The SMILES string of the molecule is O=C(c1ccc([S+]([O-])c2ccc(C(F)(F)F)cc2)c(C(=O)O)c1)c1ccc(N(CC2CC2)c2ccc(Cl)cc2)cn1. The first kappa shape index (κ1) is 28.7. The van der Waals surface area contributed by atoms with Gasteiger partial charge in [0.25, 0.3) is 0 Å². The number of ketones is 1. The van der Waals surface area contributed by atoms with Crippen LogP contribution in [0.5, 0.6) is 0 Å². The van der Waals surface area contributed by atoms with Crippen LogP contribution >= 0.6 is 11.6 Å². The molecule has 0 bridgehead atoms. The maximum atomic E-state index is 13.2. The van der Waals surface area contributed by atoms with Gasteiger partial charge in [-0.25, -0.2) is 4.79 Å². The summed E-state index contributed by atoms with van der Waals surface area (Å²) in [4.78, 5) is 31.5. The number of anilines is 2. The molecule has 1 aliphatic carbocycles. The van der Waals surface area contributed by atoms with Gasteiger partial charge in [0, 0.05) is 34.0 Å². The fraction of sp³-hybridized carbons (Fsp3) is 0.167. The molecule has 6 nitrogen and oxygen atoms in total. The summed E-state index contributed by atoms with van der Waals surface area (Å²) >= 11 is 3.95. The molecule has 1 unspecified atom stereocenters. The zero-order chi connectivity index (χ0) is 29.3. The molecular weight excluding hydrogens is 577 g/mol. The van der Waals surface area contributed by atoms with Crippen LogP contribution in [0.2, 0.25) is 5.02 Å². The van der Waals surface area contributed by atoms with E-state index in [1.807, 2.05) is 12.1 Å². The molecule has 0 amide bonds. The minimum Gasteiger partial charge on any atom is -0.606 e. The predicted octanol–water partition coefficient (Wildman–Crippen LogP) is 7.40. The zero-order valence-electron chi connectivity index (χ0n) is 21.3. The summed E-state index contributed by atoms with van der Waals surface area (Å²) in [5, 5.41) is 10.4. The van der Waals surface area contributed by atoms with Gasteiger partial charge in [0.2, 0.25) is 5.78 Å². The molecule has 1 atom stereocenters. The number of carboxylic acid groups (broad SMARTS) is 1. The monoisotopic (exact) mass is 598 g/mol. The van der Waals surface area contributed by atoms with E-state index in [-0.39, 0.29) is 21.0 Å². The summed E-state index contributed by atoms with van der Waals surface area (Å²) in [6, 6.07) is 18.0. The highest BCUT2D eigenvalue weighted by molar-refractivity contribution is 7.91. The third kappa shape index (κ3) is 6.56. The number of aromatic nitrogens is 1. The minimum absolute atomic E-state index is 0.00623. The number of hydrogen-bond donors (Lipinski definition) is 1. The number of aromatic carboxylic acids is 1. The molecule has 1 N–H and O–H groups in total. The molecular formula is C30H22ClF3N2O4S. The van der Waals surface area contributed by atoms with Crippen molar-refractivity contribution in [3.63, 3.8) is 0 Å². The average Bonchev–Trinajstić information content (AvgIpc) is 3.79. The van der Waals surface area contributed by atoms with E-state index in [1.54, 1.807) is 30.5 Å². The van der Waals surface area contributed by atoms with Crippen molar-refractivity contribution in [2.24, 2.45) is 5.92 Å². The smallest absolute Gasteiger partial charge is 0.416 e. The second-order valence-corrected chi connectivity index (χ2v) is 11.5. The standard InChI is InChI=1S/C30H22ClF3N2O4S/c31-21-6-8-22(9-7-21)36(17-18-1-2-18)23-10-13-26(35-16-23)28(37)19-3-14-27(25(15-19)29(38)39)41(40)24-11-4-20(5-12-24)30(32,33)34/h3-16,18H,1-2,17H2,(H,38,39). The lowest BCUT2D eigenvalue weighted by molar-refractivity contribution is -0.137. The van der Waals surface area contributed by atoms with Crippen molar-refractivity contribution in [3.8, 4) is 0 Å². The van der Waals surface area contributed by atoms with Crippen molar-refractivity contribution >= 4 is 45.9 Å². The van der Waals surface area contributed by atoms with Gasteiger partial charge in [-0.1, -0.05) is 11.6 Å². The van der Waals surface area contributed by atoms with Gasteiger partial charge in [0.1, 0.15) is 11.3 Å². The summed E-state index contributed by atoms with van der Waals surface area (Å²) in [5.74, 6) is -1.41. The van der Waals surface area contributed by atoms with Crippen molar-refractivity contribution in [3.05, 3.63) is 112 Å². The number of alkyl halides is 3. The van der Waals surface area contributed by atoms with Crippen molar-refractivity contribution in [2.45, 2.75) is 28.8 Å². The Kier molecular flexibility index (Phi) is 8.08. The van der Waals surface area contributed by atoms with Crippen LogP contribution in [0.1, 0.15) is 44.8 Å². The van der Waals surface area contributed by atoms with Gasteiger partial charge in [0.15, 0.2) is 9.79 Å². The molecule has 0 aliphatic heterocycles. The molecule has 210 valence electrons. The van der Waals surface area contributed by atoms with E-state index >= 15 is 0 Å². The maximum Gasteiger partial charge on any atom is 0.416 e. The molecule has 1 aliphatic rings.